The van der Waals surface area contributed by atoms with Crippen molar-refractivity contribution in [3.05, 3.63) is 34.0 Å². The molecule has 0 radical (unpaired) electrons. The summed E-state index contributed by atoms with van der Waals surface area (Å²) in [5.41, 5.74) is 0. The predicted molar refractivity (Wildman–Crippen MR) is 122 cm³/mol. The highest BCUT2D eigenvalue weighted by molar-refractivity contribution is 7.13. The number of aromatic carboxylic acids is 1. The normalized spacial score (nSPS) is 25.6. The summed E-state index contributed by atoms with van der Waals surface area (Å²) in [6, 6.07) is 3.48. The quantitative estimate of drug-likeness (QED) is 0.236. The second-order valence-corrected chi connectivity index (χ2v) is 10.1. The summed E-state index contributed by atoms with van der Waals surface area (Å²) in [4.78, 5) is 23.3. The Hall–Kier alpha value is -1.41. The van der Waals surface area contributed by atoms with Crippen LogP contribution in [-0.2, 0) is 16.0 Å². The molecule has 8 heteroatoms. The van der Waals surface area contributed by atoms with E-state index in [1.165, 1.54) is 18.3 Å². The van der Waals surface area contributed by atoms with E-state index < -0.39 is 18.2 Å². The van der Waals surface area contributed by atoms with Crippen molar-refractivity contribution in [1.29, 1.82) is 0 Å². The van der Waals surface area contributed by atoms with Crippen LogP contribution in [0.3, 0.4) is 0 Å². The van der Waals surface area contributed by atoms with Crippen LogP contribution in [-0.4, -0.2) is 50.9 Å². The number of carbonyl (C=O) groups is 2. The molecule has 1 aliphatic carbocycles. The van der Waals surface area contributed by atoms with E-state index in [0.29, 0.717) is 24.1 Å². The fourth-order valence-corrected chi connectivity index (χ4v) is 5.55. The number of carbonyl (C=O) groups excluding carboxylic acids is 1. The summed E-state index contributed by atoms with van der Waals surface area (Å²) in [5.74, 6) is -1.19. The lowest BCUT2D eigenvalue weighted by atomic mass is 9.89. The van der Waals surface area contributed by atoms with E-state index in [9.17, 15) is 19.8 Å². The smallest absolute Gasteiger partial charge is 0.345 e. The number of aliphatic hydroxyl groups excluding tert-OH is 2. The Morgan fingerprint density at radius 2 is 2.06 bits per heavy atom. The first-order chi connectivity index (χ1) is 14.7. The molecular weight excluding hydrogens is 440 g/mol. The van der Waals surface area contributed by atoms with Crippen LogP contribution in [0.4, 0.5) is 0 Å². The Morgan fingerprint density at radius 3 is 2.71 bits per heavy atom. The highest BCUT2D eigenvalue weighted by Crippen LogP contribution is 2.40. The van der Waals surface area contributed by atoms with Gasteiger partial charge in [0, 0.05) is 23.1 Å². The van der Waals surface area contributed by atoms with Crippen LogP contribution in [0.5, 0.6) is 0 Å². The molecule has 3 N–H and O–H groups in total. The van der Waals surface area contributed by atoms with E-state index in [1.54, 1.807) is 12.1 Å². The lowest BCUT2D eigenvalue weighted by Crippen LogP contribution is -2.19. The van der Waals surface area contributed by atoms with Crippen molar-refractivity contribution in [3.8, 4) is 0 Å². The van der Waals surface area contributed by atoms with Gasteiger partial charge in [-0.1, -0.05) is 12.2 Å². The van der Waals surface area contributed by atoms with Crippen molar-refractivity contribution in [1.82, 2.24) is 0 Å². The minimum absolute atomic E-state index is 0.102. The Labute approximate surface area is 192 Å². The fourth-order valence-electron chi connectivity index (χ4n) is 4.18. The maximum atomic E-state index is 11.0. The number of rotatable bonds is 12. The van der Waals surface area contributed by atoms with Crippen LogP contribution < -0.4 is 0 Å². The van der Waals surface area contributed by atoms with Gasteiger partial charge in [0.25, 0.3) is 0 Å². The van der Waals surface area contributed by atoms with Gasteiger partial charge in [0.2, 0.25) is 0 Å². The average molecular weight is 473 g/mol. The molecule has 0 saturated heterocycles. The first-order valence-electron chi connectivity index (χ1n) is 10.8. The van der Waals surface area contributed by atoms with Gasteiger partial charge in [-0.25, -0.2) is 4.79 Å². The summed E-state index contributed by atoms with van der Waals surface area (Å²) < 4.78 is 5.08. The monoisotopic (exact) mass is 472 g/mol. The highest BCUT2D eigenvalue weighted by Gasteiger charge is 2.39. The van der Waals surface area contributed by atoms with Gasteiger partial charge in [0.1, 0.15) is 4.88 Å². The molecule has 1 aliphatic rings. The minimum atomic E-state index is -0.902. The Balaban J connectivity index is 1.80. The number of hydrogen-bond acceptors (Lipinski definition) is 6. The molecule has 1 saturated carbocycles. The van der Waals surface area contributed by atoms with Crippen molar-refractivity contribution in [3.63, 3.8) is 0 Å². The van der Waals surface area contributed by atoms with Crippen molar-refractivity contribution in [2.75, 3.05) is 0 Å². The Bertz CT molecular complexity index is 748. The zero-order valence-electron chi connectivity index (χ0n) is 18.1. The third-order valence-corrected chi connectivity index (χ3v) is 7.37. The van der Waals surface area contributed by atoms with E-state index >= 15 is 0 Å². The van der Waals surface area contributed by atoms with Crippen LogP contribution in [0.2, 0.25) is 0 Å². The number of aliphatic hydroxyl groups is 2. The zero-order valence-corrected chi connectivity index (χ0v) is 19.6. The number of esters is 1. The number of carboxylic acid groups (broad SMARTS) is 1. The van der Waals surface area contributed by atoms with Crippen molar-refractivity contribution in [2.45, 2.75) is 82.5 Å². The summed E-state index contributed by atoms with van der Waals surface area (Å²) >= 11 is 7.79. The second-order valence-electron chi connectivity index (χ2n) is 8.33. The molecule has 0 spiro atoms. The molecule has 1 aromatic heterocycles. The highest BCUT2D eigenvalue weighted by atomic mass is 35.5. The topological polar surface area (TPSA) is 104 Å². The molecule has 0 aromatic carbocycles. The standard InChI is InChI=1S/C23H33ClO6S/c1-14(30-15(2)25)5-3-6-16(26)9-11-19-18(20(24)13-21(19)27)8-4-7-17-10-12-22(31-17)23(28)29/h9-12,14,16,18-21,26-27H,3-8,13H2,1-2H3,(H,28,29)/t14-,16+,18-,19-,20-,21-/m1/s1. The molecule has 1 fully saturated rings. The van der Waals surface area contributed by atoms with Gasteiger partial charge in [-0.05, 0) is 69.9 Å². The van der Waals surface area contributed by atoms with Gasteiger partial charge >= 0.3 is 11.9 Å². The van der Waals surface area contributed by atoms with Gasteiger partial charge < -0.3 is 20.1 Å². The average Bonchev–Trinajstić information content (AvgIpc) is 3.24. The summed E-state index contributed by atoms with van der Waals surface area (Å²) in [6.45, 7) is 3.22. The zero-order chi connectivity index (χ0) is 23.0. The van der Waals surface area contributed by atoms with Crippen LogP contribution >= 0.6 is 22.9 Å². The summed E-state index contributed by atoms with van der Waals surface area (Å²) in [7, 11) is 0. The Morgan fingerprint density at radius 1 is 1.32 bits per heavy atom. The summed E-state index contributed by atoms with van der Waals surface area (Å²) in [6.07, 6.45) is 7.31. The number of hydrogen-bond donors (Lipinski definition) is 3. The van der Waals surface area contributed by atoms with Gasteiger partial charge in [0.15, 0.2) is 0 Å². The molecule has 1 heterocycles. The number of carboxylic acids is 1. The third-order valence-electron chi connectivity index (χ3n) is 5.74. The van der Waals surface area contributed by atoms with E-state index in [2.05, 4.69) is 0 Å². The summed E-state index contributed by atoms with van der Waals surface area (Å²) in [5, 5.41) is 29.6. The first-order valence-corrected chi connectivity index (χ1v) is 12.1. The third kappa shape index (κ3) is 8.56. The van der Waals surface area contributed by atoms with E-state index in [1.807, 2.05) is 19.1 Å². The lowest BCUT2D eigenvalue weighted by Gasteiger charge is -2.21. The molecule has 0 aliphatic heterocycles. The Kier molecular flexibility index (Phi) is 10.5. The SMILES string of the molecule is CC(=O)O[C@H](C)CCC[C@H](O)C=C[C@@H]1[C@@H](CCCc2ccc(C(=O)O)s2)[C@H](Cl)C[C@H]1O. The van der Waals surface area contributed by atoms with Gasteiger partial charge in [-0.2, -0.15) is 0 Å². The number of aryl methyl sites for hydroxylation is 1. The predicted octanol–water partition coefficient (Wildman–Crippen LogP) is 4.41. The molecule has 0 bridgehead atoms. The molecular formula is C23H33ClO6S. The van der Waals surface area contributed by atoms with Crippen LogP contribution in [0, 0.1) is 11.8 Å². The van der Waals surface area contributed by atoms with Gasteiger partial charge in [-0.15, -0.1) is 22.9 Å². The van der Waals surface area contributed by atoms with Gasteiger partial charge in [0.05, 0.1) is 18.3 Å². The maximum Gasteiger partial charge on any atom is 0.345 e. The van der Waals surface area contributed by atoms with Gasteiger partial charge in [-0.3, -0.25) is 4.79 Å². The van der Waals surface area contributed by atoms with E-state index in [-0.39, 0.29) is 29.3 Å². The second kappa shape index (κ2) is 12.6. The largest absolute Gasteiger partial charge is 0.477 e. The number of ether oxygens (including phenoxy) is 1. The van der Waals surface area contributed by atoms with E-state index in [4.69, 9.17) is 21.4 Å². The molecule has 174 valence electrons. The first kappa shape index (κ1) is 25.8. The van der Waals surface area contributed by atoms with E-state index in [0.717, 1.165) is 30.6 Å². The van der Waals surface area contributed by atoms with Crippen LogP contribution in [0.15, 0.2) is 24.3 Å². The molecule has 1 aromatic rings. The van der Waals surface area contributed by atoms with Crippen LogP contribution in [0.25, 0.3) is 0 Å². The maximum absolute atomic E-state index is 11.0. The molecule has 0 unspecified atom stereocenters. The molecule has 31 heavy (non-hydrogen) atoms. The number of alkyl halides is 1. The fraction of sp³-hybridized carbons (Fsp3) is 0.652. The molecule has 6 nitrogen and oxygen atoms in total. The van der Waals surface area contributed by atoms with Crippen molar-refractivity contribution >= 4 is 34.9 Å². The number of halogens is 1. The molecule has 0 amide bonds. The van der Waals surface area contributed by atoms with Crippen molar-refractivity contribution < 1.29 is 29.6 Å². The van der Waals surface area contributed by atoms with Crippen LogP contribution in [0.1, 0.15) is 66.9 Å². The minimum Gasteiger partial charge on any atom is -0.477 e. The number of thiophene rings is 1. The van der Waals surface area contributed by atoms with Crippen molar-refractivity contribution in [2.24, 2.45) is 11.8 Å². The molecule has 6 atom stereocenters. The molecule has 2 rings (SSSR count). The lowest BCUT2D eigenvalue weighted by molar-refractivity contribution is -0.145.